The minimum absolute atomic E-state index is 0.0258. The van der Waals surface area contributed by atoms with Gasteiger partial charge in [0.2, 0.25) is 5.91 Å². The second kappa shape index (κ2) is 12.3. The van der Waals surface area contributed by atoms with Crippen LogP contribution in [0.1, 0.15) is 39.1 Å². The summed E-state index contributed by atoms with van der Waals surface area (Å²) in [7, 11) is 0. The monoisotopic (exact) mass is 554 g/mol. The number of aryl methyl sites for hydroxylation is 1. The van der Waals surface area contributed by atoms with Gasteiger partial charge in [0, 0.05) is 11.4 Å². The number of amides is 1. The van der Waals surface area contributed by atoms with Gasteiger partial charge in [-0.05, 0) is 44.5 Å². The number of rotatable bonds is 11. The quantitative estimate of drug-likeness (QED) is 0.186. The van der Waals surface area contributed by atoms with Crippen LogP contribution >= 0.6 is 23.1 Å². The number of hydrogen-bond donors (Lipinski definition) is 1. The van der Waals surface area contributed by atoms with Crippen molar-refractivity contribution in [3.05, 3.63) is 64.3 Å². The maximum Gasteiger partial charge on any atom is 0.416 e. The largest absolute Gasteiger partial charge is 0.486 e. The Labute approximate surface area is 219 Å². The lowest BCUT2D eigenvalue weighted by atomic mass is 10.1. The molecular formula is C24H25F3N4O4S2. The number of thiophene rings is 1. The number of carbonyl (C=O) groups is 2. The van der Waals surface area contributed by atoms with Crippen LogP contribution < -0.4 is 10.1 Å². The molecule has 0 fully saturated rings. The molecule has 1 aromatic carbocycles. The van der Waals surface area contributed by atoms with Gasteiger partial charge in [-0.25, -0.2) is 4.79 Å². The van der Waals surface area contributed by atoms with Crippen molar-refractivity contribution >= 4 is 40.0 Å². The second-order valence-electron chi connectivity index (χ2n) is 7.66. The van der Waals surface area contributed by atoms with E-state index in [-0.39, 0.29) is 30.6 Å². The van der Waals surface area contributed by atoms with Gasteiger partial charge in [0.05, 0.1) is 23.5 Å². The van der Waals surface area contributed by atoms with Gasteiger partial charge in [-0.2, -0.15) is 13.2 Å². The maximum absolute atomic E-state index is 13.0. The summed E-state index contributed by atoms with van der Waals surface area (Å²) < 4.78 is 51.1. The Kier molecular flexibility index (Phi) is 9.38. The Balaban J connectivity index is 1.67. The van der Waals surface area contributed by atoms with Gasteiger partial charge in [-0.3, -0.25) is 9.36 Å². The third-order valence-electron chi connectivity index (χ3n) is 5.08. The van der Waals surface area contributed by atoms with Gasteiger partial charge in [0.25, 0.3) is 0 Å². The molecular weight excluding hydrogens is 529 g/mol. The van der Waals surface area contributed by atoms with E-state index in [2.05, 4.69) is 22.1 Å². The van der Waals surface area contributed by atoms with Crippen LogP contribution in [0, 0.1) is 13.8 Å². The van der Waals surface area contributed by atoms with E-state index >= 15 is 0 Å². The van der Waals surface area contributed by atoms with Crippen LogP contribution in [-0.4, -0.2) is 39.0 Å². The molecule has 0 aliphatic rings. The Morgan fingerprint density at radius 2 is 2.03 bits per heavy atom. The van der Waals surface area contributed by atoms with Crippen LogP contribution in [0.25, 0.3) is 0 Å². The highest BCUT2D eigenvalue weighted by molar-refractivity contribution is 7.99. The fraction of sp³-hybridized carbons (Fsp3) is 0.333. The van der Waals surface area contributed by atoms with E-state index in [0.717, 1.165) is 34.3 Å². The van der Waals surface area contributed by atoms with E-state index in [1.165, 1.54) is 23.5 Å². The summed E-state index contributed by atoms with van der Waals surface area (Å²) in [5.74, 6) is -0.484. The van der Waals surface area contributed by atoms with E-state index in [1.807, 2.05) is 6.92 Å². The molecule has 13 heteroatoms. The molecule has 0 saturated heterocycles. The van der Waals surface area contributed by atoms with Crippen LogP contribution in [0.15, 0.2) is 42.1 Å². The number of anilines is 1. The fourth-order valence-corrected chi connectivity index (χ4v) is 5.04. The summed E-state index contributed by atoms with van der Waals surface area (Å²) in [5.41, 5.74) is 0.274. The SMILES string of the molecule is C=CCn1c(COc2cccc(C(F)(F)F)c2)nnc1SCC(=O)Nc1sc(C)c(C)c1C(=O)OCC. The highest BCUT2D eigenvalue weighted by atomic mass is 32.2. The predicted octanol–water partition coefficient (Wildman–Crippen LogP) is 5.65. The number of carbonyl (C=O) groups excluding carboxylic acids is 2. The number of nitrogens with zero attached hydrogens (tertiary/aromatic N) is 3. The van der Waals surface area contributed by atoms with Crippen molar-refractivity contribution in [1.29, 1.82) is 0 Å². The minimum Gasteiger partial charge on any atom is -0.486 e. The van der Waals surface area contributed by atoms with Gasteiger partial charge in [-0.1, -0.05) is 23.9 Å². The molecule has 0 aliphatic heterocycles. The topological polar surface area (TPSA) is 95.3 Å². The summed E-state index contributed by atoms with van der Waals surface area (Å²) in [4.78, 5) is 25.9. The molecule has 0 atom stereocenters. The van der Waals surface area contributed by atoms with Crippen molar-refractivity contribution in [2.24, 2.45) is 0 Å². The van der Waals surface area contributed by atoms with Gasteiger partial charge >= 0.3 is 12.1 Å². The fourth-order valence-electron chi connectivity index (χ4n) is 3.21. The minimum atomic E-state index is -4.48. The number of benzene rings is 1. The summed E-state index contributed by atoms with van der Waals surface area (Å²) in [6.07, 6.45) is -2.88. The van der Waals surface area contributed by atoms with E-state index in [4.69, 9.17) is 9.47 Å². The molecule has 2 aromatic heterocycles. The second-order valence-corrected chi connectivity index (χ2v) is 9.82. The lowest BCUT2D eigenvalue weighted by Gasteiger charge is -2.11. The molecule has 0 saturated carbocycles. The summed E-state index contributed by atoms with van der Waals surface area (Å²) in [6, 6.07) is 4.55. The molecule has 0 aliphatic carbocycles. The number of allylic oxidation sites excluding steroid dienone is 1. The van der Waals surface area contributed by atoms with Crippen LogP contribution in [0.5, 0.6) is 5.75 Å². The Bertz CT molecular complexity index is 1290. The van der Waals surface area contributed by atoms with E-state index in [0.29, 0.717) is 28.1 Å². The lowest BCUT2D eigenvalue weighted by Crippen LogP contribution is -2.17. The first-order valence-corrected chi connectivity index (χ1v) is 12.9. The van der Waals surface area contributed by atoms with Crippen molar-refractivity contribution in [3.8, 4) is 5.75 Å². The standard InChI is InChI=1S/C24H25F3N4O4S2/c1-5-10-31-18(12-35-17-9-7-8-16(11-17)24(25,26)27)29-30-23(31)36-13-19(32)28-21-20(22(33)34-6-2)14(3)15(4)37-21/h5,7-9,11H,1,6,10,12-13H2,2-4H3,(H,28,32). The average Bonchev–Trinajstić information content (AvgIpc) is 3.35. The van der Waals surface area contributed by atoms with Crippen LogP contribution in [0.3, 0.4) is 0 Å². The first-order valence-electron chi connectivity index (χ1n) is 11.1. The average molecular weight is 555 g/mol. The first-order chi connectivity index (χ1) is 17.5. The van der Waals surface area contributed by atoms with E-state index in [1.54, 1.807) is 24.5 Å². The third-order valence-corrected chi connectivity index (χ3v) is 7.17. The van der Waals surface area contributed by atoms with E-state index in [9.17, 15) is 22.8 Å². The number of aromatic nitrogens is 3. The molecule has 3 aromatic rings. The zero-order valence-corrected chi connectivity index (χ0v) is 22.0. The molecule has 0 unspecified atom stereocenters. The maximum atomic E-state index is 13.0. The Morgan fingerprint density at radius 1 is 1.27 bits per heavy atom. The van der Waals surface area contributed by atoms with Crippen LogP contribution in [0.4, 0.5) is 18.2 Å². The molecule has 1 amide bonds. The number of ether oxygens (including phenoxy) is 2. The number of halogens is 3. The summed E-state index contributed by atoms with van der Waals surface area (Å²) in [5, 5.41) is 11.7. The highest BCUT2D eigenvalue weighted by Gasteiger charge is 2.30. The third kappa shape index (κ3) is 7.13. The normalized spacial score (nSPS) is 11.3. The molecule has 0 radical (unpaired) electrons. The number of hydrogen-bond acceptors (Lipinski definition) is 8. The number of esters is 1. The van der Waals surface area contributed by atoms with Crippen molar-refractivity contribution in [1.82, 2.24) is 14.8 Å². The first kappa shape index (κ1) is 28.3. The van der Waals surface area contributed by atoms with Crippen molar-refractivity contribution in [2.75, 3.05) is 17.7 Å². The van der Waals surface area contributed by atoms with Crippen LogP contribution in [0.2, 0.25) is 0 Å². The summed E-state index contributed by atoms with van der Waals surface area (Å²) in [6.45, 7) is 9.45. The Morgan fingerprint density at radius 3 is 2.70 bits per heavy atom. The molecule has 0 spiro atoms. The number of thioether (sulfide) groups is 1. The van der Waals surface area contributed by atoms with Crippen LogP contribution in [-0.2, 0) is 28.9 Å². The molecule has 1 N–H and O–H groups in total. The predicted molar refractivity (Wildman–Crippen MR) is 135 cm³/mol. The molecule has 0 bridgehead atoms. The Hall–Kier alpha value is -3.32. The molecule has 2 heterocycles. The van der Waals surface area contributed by atoms with E-state index < -0.39 is 17.7 Å². The van der Waals surface area contributed by atoms with Gasteiger partial charge in [-0.15, -0.1) is 28.1 Å². The number of nitrogens with one attached hydrogen (secondary N) is 1. The zero-order valence-electron chi connectivity index (χ0n) is 20.3. The lowest BCUT2D eigenvalue weighted by molar-refractivity contribution is -0.137. The van der Waals surface area contributed by atoms with Gasteiger partial charge < -0.3 is 14.8 Å². The molecule has 37 heavy (non-hydrogen) atoms. The molecule has 3 rings (SSSR count). The molecule has 8 nitrogen and oxygen atoms in total. The van der Waals surface area contributed by atoms with Gasteiger partial charge in [0.15, 0.2) is 11.0 Å². The van der Waals surface area contributed by atoms with Crippen molar-refractivity contribution in [3.63, 3.8) is 0 Å². The zero-order chi connectivity index (χ0) is 27.2. The molecule has 198 valence electrons. The smallest absolute Gasteiger partial charge is 0.416 e. The number of alkyl halides is 3. The van der Waals surface area contributed by atoms with Gasteiger partial charge in [0.1, 0.15) is 17.4 Å². The van der Waals surface area contributed by atoms with Crippen molar-refractivity contribution < 1.29 is 32.2 Å². The highest BCUT2D eigenvalue weighted by Crippen LogP contribution is 2.34. The summed E-state index contributed by atoms with van der Waals surface area (Å²) >= 11 is 2.40. The van der Waals surface area contributed by atoms with Crippen molar-refractivity contribution in [2.45, 2.75) is 45.3 Å².